The maximum atomic E-state index is 12.4. The number of nitro benzene ring substituents is 1. The molecule has 0 bridgehead atoms. The van der Waals surface area contributed by atoms with Gasteiger partial charge in [0, 0.05) is 22.7 Å². The van der Waals surface area contributed by atoms with E-state index < -0.39 is 4.92 Å². The van der Waals surface area contributed by atoms with Gasteiger partial charge >= 0.3 is 0 Å². The van der Waals surface area contributed by atoms with Crippen LogP contribution in [0.5, 0.6) is 0 Å². The van der Waals surface area contributed by atoms with E-state index in [0.717, 1.165) is 24.4 Å². The number of carbonyl (C=O) groups is 1. The van der Waals surface area contributed by atoms with Crippen LogP contribution in [0.3, 0.4) is 0 Å². The molecule has 1 fully saturated rings. The molecule has 1 aromatic heterocycles. The van der Waals surface area contributed by atoms with E-state index in [1.54, 1.807) is 0 Å². The first-order chi connectivity index (χ1) is 14.0. The lowest BCUT2D eigenvalue weighted by atomic mass is 10.2. The molecule has 29 heavy (non-hydrogen) atoms. The summed E-state index contributed by atoms with van der Waals surface area (Å²) < 4.78 is 1.97. The van der Waals surface area contributed by atoms with Crippen LogP contribution in [-0.2, 0) is 4.79 Å². The lowest BCUT2D eigenvalue weighted by Gasteiger charge is -2.10. The Labute approximate surface area is 175 Å². The van der Waals surface area contributed by atoms with Crippen LogP contribution >= 0.6 is 23.4 Å². The van der Waals surface area contributed by atoms with Crippen LogP contribution in [-0.4, -0.2) is 31.3 Å². The van der Waals surface area contributed by atoms with E-state index >= 15 is 0 Å². The molecule has 0 radical (unpaired) electrons. The molecule has 0 aliphatic heterocycles. The number of halogens is 1. The minimum Gasteiger partial charge on any atom is -0.320 e. The summed E-state index contributed by atoms with van der Waals surface area (Å²) in [5.74, 6) is 0.945. The van der Waals surface area contributed by atoms with Crippen LogP contribution in [0.4, 0.5) is 11.4 Å². The number of nitro groups is 1. The summed E-state index contributed by atoms with van der Waals surface area (Å²) >= 11 is 7.04. The van der Waals surface area contributed by atoms with Gasteiger partial charge in [-0.15, -0.1) is 10.2 Å². The minimum absolute atomic E-state index is 0.0371. The number of hydrogen-bond acceptors (Lipinski definition) is 6. The number of rotatable bonds is 7. The zero-order valence-corrected chi connectivity index (χ0v) is 16.7. The van der Waals surface area contributed by atoms with Crippen LogP contribution in [0.2, 0.25) is 5.02 Å². The second-order valence-electron chi connectivity index (χ2n) is 6.54. The molecule has 148 valence electrons. The van der Waals surface area contributed by atoms with E-state index in [9.17, 15) is 14.9 Å². The molecule has 10 heteroatoms. The number of benzene rings is 2. The molecule has 0 saturated heterocycles. The van der Waals surface area contributed by atoms with Crippen molar-refractivity contribution in [3.8, 4) is 5.69 Å². The van der Waals surface area contributed by atoms with Crippen molar-refractivity contribution in [3.05, 3.63) is 69.5 Å². The fraction of sp³-hybridized carbons (Fsp3) is 0.211. The molecular formula is C19H16ClN5O3S. The summed E-state index contributed by atoms with van der Waals surface area (Å²) in [6.07, 6.45) is 2.16. The topological polar surface area (TPSA) is 103 Å². The van der Waals surface area contributed by atoms with Gasteiger partial charge in [-0.1, -0.05) is 41.6 Å². The first-order valence-corrected chi connectivity index (χ1v) is 10.3. The van der Waals surface area contributed by atoms with Crippen LogP contribution in [0.15, 0.2) is 53.7 Å². The van der Waals surface area contributed by atoms with Gasteiger partial charge in [-0.3, -0.25) is 19.5 Å². The molecule has 1 heterocycles. The number of anilines is 1. The van der Waals surface area contributed by atoms with Crippen LogP contribution in [0.1, 0.15) is 24.6 Å². The van der Waals surface area contributed by atoms with Crippen molar-refractivity contribution in [2.45, 2.75) is 23.9 Å². The highest BCUT2D eigenvalue weighted by Crippen LogP contribution is 2.41. The van der Waals surface area contributed by atoms with Gasteiger partial charge in [0.1, 0.15) is 11.5 Å². The van der Waals surface area contributed by atoms with Crippen molar-refractivity contribution in [2.75, 3.05) is 11.1 Å². The molecule has 0 unspecified atom stereocenters. The highest BCUT2D eigenvalue weighted by atomic mass is 35.5. The molecule has 2 aromatic carbocycles. The molecule has 0 atom stereocenters. The zero-order valence-electron chi connectivity index (χ0n) is 15.1. The SMILES string of the molecule is O=C(CSc1nnc(C2CC2)n1-c1ccccc1)Nc1ccc(Cl)cc1[N+](=O)[O-]. The number of carbonyl (C=O) groups excluding carboxylic acids is 1. The van der Waals surface area contributed by atoms with Gasteiger partial charge in [-0.25, -0.2) is 0 Å². The lowest BCUT2D eigenvalue weighted by Crippen LogP contribution is -2.15. The number of para-hydroxylation sites is 1. The van der Waals surface area contributed by atoms with Crippen LogP contribution in [0, 0.1) is 10.1 Å². The molecule has 1 saturated carbocycles. The van der Waals surface area contributed by atoms with E-state index in [1.807, 2.05) is 34.9 Å². The highest BCUT2D eigenvalue weighted by molar-refractivity contribution is 7.99. The maximum absolute atomic E-state index is 12.4. The number of aromatic nitrogens is 3. The van der Waals surface area contributed by atoms with Gasteiger partial charge < -0.3 is 5.32 Å². The predicted molar refractivity (Wildman–Crippen MR) is 111 cm³/mol. The van der Waals surface area contributed by atoms with Crippen LogP contribution in [0.25, 0.3) is 5.69 Å². The van der Waals surface area contributed by atoms with Crippen molar-refractivity contribution < 1.29 is 9.72 Å². The Bertz CT molecular complexity index is 1070. The third-order valence-corrected chi connectivity index (χ3v) is 5.54. The molecule has 4 rings (SSSR count). The molecule has 3 aromatic rings. The Morgan fingerprint density at radius 3 is 2.69 bits per heavy atom. The first-order valence-electron chi connectivity index (χ1n) is 8.90. The summed E-state index contributed by atoms with van der Waals surface area (Å²) in [4.78, 5) is 23.0. The van der Waals surface area contributed by atoms with Gasteiger partial charge in [0.05, 0.1) is 10.7 Å². The van der Waals surface area contributed by atoms with Crippen LogP contribution < -0.4 is 5.32 Å². The average molecular weight is 430 g/mol. The van der Waals surface area contributed by atoms with Crippen molar-refractivity contribution in [2.24, 2.45) is 0 Å². The lowest BCUT2D eigenvalue weighted by molar-refractivity contribution is -0.383. The Kier molecular flexibility index (Phi) is 5.50. The summed E-state index contributed by atoms with van der Waals surface area (Å²) in [6, 6.07) is 13.9. The monoisotopic (exact) mass is 429 g/mol. The Hall–Kier alpha value is -2.91. The highest BCUT2D eigenvalue weighted by Gasteiger charge is 2.31. The summed E-state index contributed by atoms with van der Waals surface area (Å²) in [6.45, 7) is 0. The standard InChI is InChI=1S/C19H16ClN5O3S/c20-13-8-9-15(16(10-13)25(27)28)21-17(26)11-29-19-23-22-18(12-6-7-12)24(19)14-4-2-1-3-5-14/h1-5,8-10,12H,6-7,11H2,(H,21,26). The molecule has 1 amide bonds. The van der Waals surface area contributed by atoms with Crippen molar-refractivity contribution >= 4 is 40.6 Å². The van der Waals surface area contributed by atoms with E-state index in [1.165, 1.54) is 30.0 Å². The normalized spacial score (nSPS) is 13.3. The number of amides is 1. The summed E-state index contributed by atoms with van der Waals surface area (Å²) in [7, 11) is 0. The third kappa shape index (κ3) is 4.41. The predicted octanol–water partition coefficient (Wildman–Crippen LogP) is 4.44. The van der Waals surface area contributed by atoms with Crippen molar-refractivity contribution in [1.29, 1.82) is 0 Å². The Balaban J connectivity index is 1.50. The van der Waals surface area contributed by atoms with E-state index in [0.29, 0.717) is 11.1 Å². The quantitative estimate of drug-likeness (QED) is 0.338. The molecule has 1 aliphatic carbocycles. The number of nitrogens with one attached hydrogen (secondary N) is 1. The van der Waals surface area contributed by atoms with Gasteiger partial charge in [-0.05, 0) is 37.1 Å². The number of hydrogen-bond donors (Lipinski definition) is 1. The fourth-order valence-electron chi connectivity index (χ4n) is 2.88. The summed E-state index contributed by atoms with van der Waals surface area (Å²) in [5.41, 5.74) is 0.795. The first kappa shape index (κ1) is 19.4. The van der Waals surface area contributed by atoms with Crippen molar-refractivity contribution in [3.63, 3.8) is 0 Å². The second-order valence-corrected chi connectivity index (χ2v) is 7.92. The third-order valence-electron chi connectivity index (χ3n) is 4.38. The number of nitrogens with zero attached hydrogens (tertiary/aromatic N) is 4. The maximum Gasteiger partial charge on any atom is 0.294 e. The van der Waals surface area contributed by atoms with Gasteiger partial charge in [-0.2, -0.15) is 0 Å². The van der Waals surface area contributed by atoms with E-state index in [2.05, 4.69) is 15.5 Å². The van der Waals surface area contributed by atoms with Gasteiger partial charge in [0.25, 0.3) is 5.69 Å². The molecule has 1 aliphatic rings. The second kappa shape index (κ2) is 8.22. The van der Waals surface area contributed by atoms with Gasteiger partial charge in [0.15, 0.2) is 5.16 Å². The van der Waals surface area contributed by atoms with Gasteiger partial charge in [0.2, 0.25) is 5.91 Å². The molecule has 8 nitrogen and oxygen atoms in total. The smallest absolute Gasteiger partial charge is 0.294 e. The van der Waals surface area contributed by atoms with Crippen molar-refractivity contribution in [1.82, 2.24) is 14.8 Å². The molecule has 0 spiro atoms. The van der Waals surface area contributed by atoms with E-state index in [4.69, 9.17) is 11.6 Å². The molecular weight excluding hydrogens is 414 g/mol. The van der Waals surface area contributed by atoms with E-state index in [-0.39, 0.29) is 28.1 Å². The Morgan fingerprint density at radius 1 is 1.24 bits per heavy atom. The Morgan fingerprint density at radius 2 is 2.00 bits per heavy atom. The average Bonchev–Trinajstić information content (AvgIpc) is 3.47. The molecule has 1 N–H and O–H groups in total. The largest absolute Gasteiger partial charge is 0.320 e. The number of thioether (sulfide) groups is 1. The summed E-state index contributed by atoms with van der Waals surface area (Å²) in [5, 5.41) is 23.2. The zero-order chi connectivity index (χ0) is 20.4. The fourth-order valence-corrected chi connectivity index (χ4v) is 3.80. The minimum atomic E-state index is -0.581.